The van der Waals surface area contributed by atoms with Crippen LogP contribution in [0.1, 0.15) is 24.0 Å². The van der Waals surface area contributed by atoms with Crippen molar-refractivity contribution in [3.05, 3.63) is 29.3 Å². The van der Waals surface area contributed by atoms with Crippen LogP contribution in [0.5, 0.6) is 5.75 Å². The van der Waals surface area contributed by atoms with E-state index in [4.69, 9.17) is 4.74 Å². The molecule has 0 spiro atoms. The minimum atomic E-state index is -0.381. The molecule has 120 valence electrons. The summed E-state index contributed by atoms with van der Waals surface area (Å²) in [6, 6.07) is 5.85. The summed E-state index contributed by atoms with van der Waals surface area (Å²) in [7, 11) is 1.33. The van der Waals surface area contributed by atoms with Crippen molar-refractivity contribution in [1.29, 1.82) is 0 Å². The number of hydrogen-bond donors (Lipinski definition) is 1. The average molecular weight is 370 g/mol. The molecular formula is C16H20BrNO4. The van der Waals surface area contributed by atoms with Crippen LogP contribution in [0.15, 0.2) is 18.2 Å². The van der Waals surface area contributed by atoms with Crippen molar-refractivity contribution in [2.45, 2.75) is 25.8 Å². The number of amides is 1. The van der Waals surface area contributed by atoms with Crippen LogP contribution in [-0.4, -0.2) is 30.9 Å². The second-order valence-electron chi connectivity index (χ2n) is 5.22. The smallest absolute Gasteiger partial charge is 0.306 e. The lowest BCUT2D eigenvalue weighted by atomic mass is 9.94. The van der Waals surface area contributed by atoms with Crippen LogP contribution in [0.25, 0.3) is 0 Å². The number of carbonyl (C=O) groups is 2. The Morgan fingerprint density at radius 3 is 2.95 bits per heavy atom. The van der Waals surface area contributed by atoms with Crippen molar-refractivity contribution in [2.24, 2.45) is 5.92 Å². The van der Waals surface area contributed by atoms with E-state index in [2.05, 4.69) is 26.0 Å². The molecule has 0 saturated carbocycles. The van der Waals surface area contributed by atoms with Gasteiger partial charge in [-0.05, 0) is 36.1 Å². The van der Waals surface area contributed by atoms with Crippen LogP contribution in [0.2, 0.25) is 0 Å². The maximum absolute atomic E-state index is 12.1. The topological polar surface area (TPSA) is 64.6 Å². The van der Waals surface area contributed by atoms with E-state index in [1.165, 1.54) is 7.11 Å². The molecule has 1 heterocycles. The molecule has 1 aliphatic heterocycles. The van der Waals surface area contributed by atoms with Crippen molar-refractivity contribution in [1.82, 2.24) is 5.32 Å². The lowest BCUT2D eigenvalue weighted by Crippen LogP contribution is -2.30. The summed E-state index contributed by atoms with van der Waals surface area (Å²) in [5.41, 5.74) is 2.11. The fourth-order valence-corrected chi connectivity index (χ4v) is 2.66. The zero-order valence-corrected chi connectivity index (χ0v) is 14.1. The Kier molecular flexibility index (Phi) is 6.24. The molecule has 1 aromatic rings. The number of benzene rings is 1. The van der Waals surface area contributed by atoms with Gasteiger partial charge in [0.25, 0.3) is 0 Å². The van der Waals surface area contributed by atoms with Gasteiger partial charge >= 0.3 is 5.97 Å². The quantitative estimate of drug-likeness (QED) is 0.474. The molecule has 0 aliphatic carbocycles. The molecule has 1 aromatic carbocycles. The Bertz CT molecular complexity index is 547. The third-order valence-electron chi connectivity index (χ3n) is 3.66. The first-order valence-electron chi connectivity index (χ1n) is 7.29. The molecule has 0 bridgehead atoms. The average Bonchev–Trinajstić information content (AvgIpc) is 2.67. The number of hydrogen-bond acceptors (Lipinski definition) is 4. The minimum Gasteiger partial charge on any atom is -0.494 e. The predicted molar refractivity (Wildman–Crippen MR) is 86.0 cm³/mol. The fraction of sp³-hybridized carbons (Fsp3) is 0.500. The molecule has 0 fully saturated rings. The molecule has 6 heteroatoms. The Labute approximate surface area is 138 Å². The lowest BCUT2D eigenvalue weighted by Gasteiger charge is -2.12. The van der Waals surface area contributed by atoms with Gasteiger partial charge in [-0.1, -0.05) is 22.0 Å². The molecule has 0 aromatic heterocycles. The first-order valence-corrected chi connectivity index (χ1v) is 8.41. The SMILES string of the molecule is COC(=O)C[C@@H]1Cc2ccc(OCCCBr)cc2CNC1=O. The highest BCUT2D eigenvalue weighted by atomic mass is 79.9. The van der Waals surface area contributed by atoms with Crippen LogP contribution < -0.4 is 10.1 Å². The van der Waals surface area contributed by atoms with Crippen molar-refractivity contribution in [2.75, 3.05) is 19.0 Å². The lowest BCUT2D eigenvalue weighted by molar-refractivity contribution is -0.144. The molecule has 1 N–H and O–H groups in total. The third-order valence-corrected chi connectivity index (χ3v) is 4.22. The number of esters is 1. The van der Waals surface area contributed by atoms with Crippen molar-refractivity contribution in [3.8, 4) is 5.75 Å². The summed E-state index contributed by atoms with van der Waals surface area (Å²) in [5, 5.41) is 3.77. The van der Waals surface area contributed by atoms with Crippen LogP contribution >= 0.6 is 15.9 Å². The van der Waals surface area contributed by atoms with Gasteiger partial charge in [0.05, 0.1) is 26.1 Å². The van der Waals surface area contributed by atoms with Gasteiger partial charge in [0.1, 0.15) is 5.75 Å². The largest absolute Gasteiger partial charge is 0.494 e. The van der Waals surface area contributed by atoms with Gasteiger partial charge in [-0.15, -0.1) is 0 Å². The summed E-state index contributed by atoms with van der Waals surface area (Å²) in [5.74, 6) is -0.0454. The molecule has 1 atom stereocenters. The van der Waals surface area contributed by atoms with E-state index in [9.17, 15) is 9.59 Å². The zero-order valence-electron chi connectivity index (χ0n) is 12.6. The number of halogens is 1. The number of methoxy groups -OCH3 is 1. The fourth-order valence-electron chi connectivity index (χ4n) is 2.43. The molecule has 2 rings (SSSR count). The monoisotopic (exact) mass is 369 g/mol. The summed E-state index contributed by atoms with van der Waals surface area (Å²) in [6.07, 6.45) is 1.58. The molecule has 0 radical (unpaired) electrons. The Morgan fingerprint density at radius 2 is 2.23 bits per heavy atom. The molecule has 0 saturated heterocycles. The maximum Gasteiger partial charge on any atom is 0.306 e. The second kappa shape index (κ2) is 8.17. The van der Waals surface area contributed by atoms with E-state index in [1.54, 1.807) is 0 Å². The minimum absolute atomic E-state index is 0.102. The predicted octanol–water partition coefficient (Wildman–Crippen LogP) is 2.20. The number of alkyl halides is 1. The normalized spacial score (nSPS) is 17.2. The molecule has 0 unspecified atom stereocenters. The highest BCUT2D eigenvalue weighted by molar-refractivity contribution is 9.09. The van der Waals surface area contributed by atoms with Gasteiger partial charge in [-0.3, -0.25) is 9.59 Å². The van der Waals surface area contributed by atoms with Crippen molar-refractivity contribution >= 4 is 27.8 Å². The van der Waals surface area contributed by atoms with Crippen LogP contribution in [0.3, 0.4) is 0 Å². The standard InChI is InChI=1S/C16H20BrNO4/c1-21-15(19)9-12-7-11-3-4-14(22-6-2-5-17)8-13(11)10-18-16(12)20/h3-4,8,12H,2,5-7,9-10H2,1H3,(H,18,20)/t12-/m0/s1. The molecule has 5 nitrogen and oxygen atoms in total. The van der Waals surface area contributed by atoms with Crippen LogP contribution in [0.4, 0.5) is 0 Å². The number of rotatable bonds is 6. The number of ether oxygens (including phenoxy) is 2. The summed E-state index contributed by atoms with van der Waals surface area (Å²) < 4.78 is 10.3. The van der Waals surface area contributed by atoms with E-state index < -0.39 is 0 Å². The van der Waals surface area contributed by atoms with Gasteiger partial charge in [0.2, 0.25) is 5.91 Å². The maximum atomic E-state index is 12.1. The van der Waals surface area contributed by atoms with Gasteiger partial charge in [-0.2, -0.15) is 0 Å². The highest BCUT2D eigenvalue weighted by Crippen LogP contribution is 2.25. The molecule has 22 heavy (non-hydrogen) atoms. The first-order chi connectivity index (χ1) is 10.6. The number of nitrogens with one attached hydrogen (secondary N) is 1. The third kappa shape index (κ3) is 4.47. The number of carbonyl (C=O) groups excluding carboxylic acids is 2. The van der Waals surface area contributed by atoms with E-state index >= 15 is 0 Å². The zero-order chi connectivity index (χ0) is 15.9. The van der Waals surface area contributed by atoms with Crippen molar-refractivity contribution in [3.63, 3.8) is 0 Å². The molecular weight excluding hydrogens is 350 g/mol. The summed E-state index contributed by atoms with van der Waals surface area (Å²) >= 11 is 3.37. The molecule has 1 amide bonds. The summed E-state index contributed by atoms with van der Waals surface area (Å²) in [4.78, 5) is 23.5. The Balaban J connectivity index is 2.09. The van der Waals surface area contributed by atoms with E-state index in [-0.39, 0.29) is 24.2 Å². The Hall–Kier alpha value is -1.56. The van der Waals surface area contributed by atoms with Gasteiger partial charge < -0.3 is 14.8 Å². The second-order valence-corrected chi connectivity index (χ2v) is 6.01. The van der Waals surface area contributed by atoms with E-state index in [1.807, 2.05) is 18.2 Å². The van der Waals surface area contributed by atoms with E-state index in [0.717, 1.165) is 28.6 Å². The number of fused-ring (bicyclic) bond motifs is 1. The first kappa shape index (κ1) is 16.8. The Morgan fingerprint density at radius 1 is 1.41 bits per heavy atom. The molecule has 1 aliphatic rings. The van der Waals surface area contributed by atoms with Gasteiger partial charge in [-0.25, -0.2) is 0 Å². The highest BCUT2D eigenvalue weighted by Gasteiger charge is 2.26. The van der Waals surface area contributed by atoms with Crippen LogP contribution in [0, 0.1) is 5.92 Å². The van der Waals surface area contributed by atoms with E-state index in [0.29, 0.717) is 19.6 Å². The van der Waals surface area contributed by atoms with Crippen molar-refractivity contribution < 1.29 is 19.1 Å². The van der Waals surface area contributed by atoms with Gasteiger partial charge in [0, 0.05) is 11.9 Å². The summed E-state index contributed by atoms with van der Waals surface area (Å²) in [6.45, 7) is 1.11. The van der Waals surface area contributed by atoms with Crippen LogP contribution in [-0.2, 0) is 27.3 Å². The van der Waals surface area contributed by atoms with Gasteiger partial charge in [0.15, 0.2) is 0 Å².